The van der Waals surface area contributed by atoms with E-state index >= 15 is 0 Å². The molecule has 0 aliphatic carbocycles. The standard InChI is InChI=1S/C17H20N2O5S/c1-13(19-17(21)15-8-5-10-24-15)16(20)18-9-11-25(22,23)12-14-6-3-2-4-7-14/h2-8,10,13H,9,11-12H2,1H3,(H,18,20)(H,19,21). The highest BCUT2D eigenvalue weighted by Crippen LogP contribution is 2.05. The minimum Gasteiger partial charge on any atom is -0.459 e. The van der Waals surface area contributed by atoms with E-state index in [9.17, 15) is 18.0 Å². The molecule has 0 bridgehead atoms. The second-order valence-electron chi connectivity index (χ2n) is 5.54. The van der Waals surface area contributed by atoms with E-state index in [0.29, 0.717) is 5.56 Å². The monoisotopic (exact) mass is 364 g/mol. The zero-order chi connectivity index (χ0) is 18.3. The number of carbonyl (C=O) groups is 2. The fourth-order valence-corrected chi connectivity index (χ4v) is 3.38. The summed E-state index contributed by atoms with van der Waals surface area (Å²) < 4.78 is 29.0. The molecule has 2 N–H and O–H groups in total. The zero-order valence-electron chi connectivity index (χ0n) is 13.8. The van der Waals surface area contributed by atoms with Crippen molar-refractivity contribution in [2.24, 2.45) is 0 Å². The van der Waals surface area contributed by atoms with E-state index in [1.807, 2.05) is 6.07 Å². The molecule has 0 spiro atoms. The number of amides is 2. The summed E-state index contributed by atoms with van der Waals surface area (Å²) in [5, 5.41) is 4.99. The first-order valence-electron chi connectivity index (χ1n) is 7.74. The smallest absolute Gasteiger partial charge is 0.287 e. The maximum Gasteiger partial charge on any atom is 0.287 e. The number of hydrogen-bond donors (Lipinski definition) is 2. The van der Waals surface area contributed by atoms with Gasteiger partial charge in [-0.25, -0.2) is 8.42 Å². The summed E-state index contributed by atoms with van der Waals surface area (Å²) >= 11 is 0. The third-order valence-electron chi connectivity index (χ3n) is 3.43. The molecular formula is C17H20N2O5S. The number of rotatable bonds is 8. The number of carbonyl (C=O) groups excluding carboxylic acids is 2. The Morgan fingerprint density at radius 1 is 1.12 bits per heavy atom. The lowest BCUT2D eigenvalue weighted by atomic mass is 10.2. The van der Waals surface area contributed by atoms with Gasteiger partial charge in [-0.2, -0.15) is 0 Å². The minimum atomic E-state index is -3.33. The largest absolute Gasteiger partial charge is 0.459 e. The van der Waals surface area contributed by atoms with Crippen molar-refractivity contribution >= 4 is 21.7 Å². The molecule has 25 heavy (non-hydrogen) atoms. The first kappa shape index (κ1) is 18.7. The molecule has 1 aromatic heterocycles. The fraction of sp³-hybridized carbons (Fsp3) is 0.294. The molecule has 0 fully saturated rings. The molecule has 2 amide bonds. The second-order valence-corrected chi connectivity index (χ2v) is 7.73. The van der Waals surface area contributed by atoms with Crippen LogP contribution in [0.25, 0.3) is 0 Å². The summed E-state index contributed by atoms with van der Waals surface area (Å²) in [5.74, 6) is -1.12. The van der Waals surface area contributed by atoms with Gasteiger partial charge in [0, 0.05) is 6.54 Å². The van der Waals surface area contributed by atoms with Crippen LogP contribution in [-0.2, 0) is 20.4 Å². The van der Waals surface area contributed by atoms with Crippen molar-refractivity contribution in [3.05, 3.63) is 60.1 Å². The van der Waals surface area contributed by atoms with Crippen molar-refractivity contribution in [3.8, 4) is 0 Å². The van der Waals surface area contributed by atoms with Gasteiger partial charge in [0.05, 0.1) is 17.8 Å². The summed E-state index contributed by atoms with van der Waals surface area (Å²) in [5.41, 5.74) is 0.702. The number of furan rings is 1. The molecule has 1 heterocycles. The van der Waals surface area contributed by atoms with Crippen LogP contribution in [0.4, 0.5) is 0 Å². The number of nitrogens with one attached hydrogen (secondary N) is 2. The molecule has 0 aliphatic heterocycles. The Morgan fingerprint density at radius 3 is 2.48 bits per heavy atom. The van der Waals surface area contributed by atoms with Crippen LogP contribution in [0.5, 0.6) is 0 Å². The van der Waals surface area contributed by atoms with Gasteiger partial charge in [0.1, 0.15) is 6.04 Å². The molecule has 0 aliphatic rings. The second kappa shape index (κ2) is 8.48. The van der Waals surface area contributed by atoms with E-state index in [4.69, 9.17) is 4.42 Å². The van der Waals surface area contributed by atoms with Crippen LogP contribution in [0.3, 0.4) is 0 Å². The van der Waals surface area contributed by atoms with E-state index in [-0.39, 0.29) is 23.8 Å². The third kappa shape index (κ3) is 6.07. The highest BCUT2D eigenvalue weighted by atomic mass is 32.2. The average molecular weight is 364 g/mol. The predicted octanol–water partition coefficient (Wildman–Crippen LogP) is 1.13. The Hall–Kier alpha value is -2.61. The summed E-state index contributed by atoms with van der Waals surface area (Å²) in [6.07, 6.45) is 1.36. The fourth-order valence-electron chi connectivity index (χ4n) is 2.12. The molecule has 1 atom stereocenters. The van der Waals surface area contributed by atoms with E-state index in [0.717, 1.165) is 0 Å². The summed E-state index contributed by atoms with van der Waals surface area (Å²) in [4.78, 5) is 23.7. The first-order chi connectivity index (χ1) is 11.9. The maximum absolute atomic E-state index is 12.1. The Kier molecular flexibility index (Phi) is 6.35. The molecule has 0 saturated carbocycles. The van der Waals surface area contributed by atoms with E-state index in [2.05, 4.69) is 10.6 Å². The van der Waals surface area contributed by atoms with Crippen LogP contribution < -0.4 is 10.6 Å². The Balaban J connectivity index is 1.76. The molecule has 0 saturated heterocycles. The quantitative estimate of drug-likeness (QED) is 0.730. The number of sulfone groups is 1. The van der Waals surface area contributed by atoms with Crippen molar-refractivity contribution in [1.82, 2.24) is 10.6 Å². The Morgan fingerprint density at radius 2 is 1.84 bits per heavy atom. The van der Waals surface area contributed by atoms with E-state index in [1.165, 1.54) is 19.3 Å². The van der Waals surface area contributed by atoms with Crippen LogP contribution in [0, 0.1) is 0 Å². The van der Waals surface area contributed by atoms with Crippen LogP contribution in [0.2, 0.25) is 0 Å². The predicted molar refractivity (Wildman–Crippen MR) is 92.6 cm³/mol. The van der Waals surface area contributed by atoms with Gasteiger partial charge in [-0.3, -0.25) is 9.59 Å². The van der Waals surface area contributed by atoms with Gasteiger partial charge in [-0.1, -0.05) is 30.3 Å². The zero-order valence-corrected chi connectivity index (χ0v) is 14.6. The third-order valence-corrected chi connectivity index (χ3v) is 5.03. The van der Waals surface area contributed by atoms with Gasteiger partial charge in [0.25, 0.3) is 5.91 Å². The summed E-state index contributed by atoms with van der Waals surface area (Å²) in [7, 11) is -3.33. The van der Waals surface area contributed by atoms with Crippen LogP contribution in [0.15, 0.2) is 53.1 Å². The van der Waals surface area contributed by atoms with Gasteiger partial charge < -0.3 is 15.1 Å². The summed E-state index contributed by atoms with van der Waals surface area (Å²) in [6, 6.07) is 11.1. The molecule has 1 aromatic carbocycles. The topological polar surface area (TPSA) is 105 Å². The highest BCUT2D eigenvalue weighted by molar-refractivity contribution is 7.90. The van der Waals surface area contributed by atoms with Crippen molar-refractivity contribution in [3.63, 3.8) is 0 Å². The van der Waals surface area contributed by atoms with Gasteiger partial charge in [-0.15, -0.1) is 0 Å². The van der Waals surface area contributed by atoms with E-state index < -0.39 is 27.7 Å². The molecule has 1 unspecified atom stereocenters. The van der Waals surface area contributed by atoms with Crippen molar-refractivity contribution in [1.29, 1.82) is 0 Å². The van der Waals surface area contributed by atoms with Gasteiger partial charge >= 0.3 is 0 Å². The van der Waals surface area contributed by atoms with Crippen molar-refractivity contribution < 1.29 is 22.4 Å². The van der Waals surface area contributed by atoms with Crippen molar-refractivity contribution in [2.75, 3.05) is 12.3 Å². The van der Waals surface area contributed by atoms with Crippen LogP contribution in [-0.4, -0.2) is 38.6 Å². The number of benzene rings is 1. The van der Waals surface area contributed by atoms with Crippen molar-refractivity contribution in [2.45, 2.75) is 18.7 Å². The molecule has 2 rings (SSSR count). The first-order valence-corrected chi connectivity index (χ1v) is 9.56. The molecule has 134 valence electrons. The average Bonchev–Trinajstić information content (AvgIpc) is 3.09. The molecular weight excluding hydrogens is 344 g/mol. The molecule has 7 nitrogen and oxygen atoms in total. The lowest BCUT2D eigenvalue weighted by Crippen LogP contribution is -2.45. The minimum absolute atomic E-state index is 0.0189. The molecule has 2 aromatic rings. The SMILES string of the molecule is CC(NC(=O)c1ccco1)C(=O)NCCS(=O)(=O)Cc1ccccc1. The lowest BCUT2D eigenvalue weighted by molar-refractivity contribution is -0.122. The Bertz CT molecular complexity index is 801. The van der Waals surface area contributed by atoms with Crippen LogP contribution >= 0.6 is 0 Å². The van der Waals surface area contributed by atoms with Gasteiger partial charge in [0.15, 0.2) is 15.6 Å². The highest BCUT2D eigenvalue weighted by Gasteiger charge is 2.19. The molecule has 0 radical (unpaired) electrons. The van der Waals surface area contributed by atoms with Gasteiger partial charge in [-0.05, 0) is 24.6 Å². The molecule has 8 heteroatoms. The lowest BCUT2D eigenvalue weighted by Gasteiger charge is -2.13. The summed E-state index contributed by atoms with van der Waals surface area (Å²) in [6.45, 7) is 1.49. The maximum atomic E-state index is 12.1. The van der Waals surface area contributed by atoms with Crippen LogP contribution in [0.1, 0.15) is 23.0 Å². The van der Waals surface area contributed by atoms with E-state index in [1.54, 1.807) is 30.3 Å². The van der Waals surface area contributed by atoms with Gasteiger partial charge in [0.2, 0.25) is 5.91 Å². The normalized spacial score (nSPS) is 12.4. The Labute approximate surface area is 146 Å². The number of hydrogen-bond acceptors (Lipinski definition) is 5.